The van der Waals surface area contributed by atoms with Crippen molar-refractivity contribution in [1.29, 1.82) is 0 Å². The maximum atomic E-state index is 12.9. The van der Waals surface area contributed by atoms with E-state index in [2.05, 4.69) is 36.8 Å². The summed E-state index contributed by atoms with van der Waals surface area (Å²) < 4.78 is 2.75. The van der Waals surface area contributed by atoms with Crippen LogP contribution in [0.4, 0.5) is 5.69 Å². The van der Waals surface area contributed by atoms with Gasteiger partial charge in [-0.15, -0.1) is 10.2 Å². The zero-order chi connectivity index (χ0) is 26.6. The average Bonchev–Trinajstić information content (AvgIpc) is 3.23. The summed E-state index contributed by atoms with van der Waals surface area (Å²) in [6, 6.07) is 8.28. The first-order valence-corrected chi connectivity index (χ1v) is 13.9. The number of aromatic nitrogens is 3. The van der Waals surface area contributed by atoms with E-state index in [1.807, 2.05) is 51.3 Å². The fourth-order valence-corrected chi connectivity index (χ4v) is 5.18. The number of aryl methyl sites for hydroxylation is 2. The SMILES string of the molecule is CCn1c(SCC(=O)Nc2cc(C)c(C)cc2Br)nnc1[C@H](NC(=O)c1ccc(Cl)c(Cl)c1)C(C)C. The summed E-state index contributed by atoms with van der Waals surface area (Å²) in [5, 5.41) is 16.0. The van der Waals surface area contributed by atoms with Crippen LogP contribution in [0.25, 0.3) is 0 Å². The summed E-state index contributed by atoms with van der Waals surface area (Å²) in [4.78, 5) is 25.6. The van der Waals surface area contributed by atoms with Gasteiger partial charge in [0.1, 0.15) is 0 Å². The third-order valence-corrected chi connectivity index (χ3v) is 8.03. The molecule has 2 N–H and O–H groups in total. The Balaban J connectivity index is 1.73. The predicted octanol–water partition coefficient (Wildman–Crippen LogP) is 6.84. The van der Waals surface area contributed by atoms with E-state index in [-0.39, 0.29) is 23.5 Å². The quantitative estimate of drug-likeness (QED) is 0.258. The number of anilines is 1. The minimum atomic E-state index is -0.394. The lowest BCUT2D eigenvalue weighted by molar-refractivity contribution is -0.113. The van der Waals surface area contributed by atoms with Crippen LogP contribution < -0.4 is 10.6 Å². The molecule has 11 heteroatoms. The molecule has 36 heavy (non-hydrogen) atoms. The lowest BCUT2D eigenvalue weighted by Crippen LogP contribution is -2.33. The molecule has 0 radical (unpaired) electrons. The van der Waals surface area contributed by atoms with Gasteiger partial charge in [0.25, 0.3) is 5.91 Å². The van der Waals surface area contributed by atoms with Crippen molar-refractivity contribution in [3.8, 4) is 0 Å². The van der Waals surface area contributed by atoms with Gasteiger partial charge in [-0.3, -0.25) is 9.59 Å². The number of nitrogens with one attached hydrogen (secondary N) is 2. The van der Waals surface area contributed by atoms with Crippen LogP contribution in [0, 0.1) is 19.8 Å². The number of rotatable bonds is 9. The second kappa shape index (κ2) is 12.4. The van der Waals surface area contributed by atoms with Gasteiger partial charge in [-0.2, -0.15) is 0 Å². The van der Waals surface area contributed by atoms with Crippen molar-refractivity contribution in [2.75, 3.05) is 11.1 Å². The fraction of sp³-hybridized carbons (Fsp3) is 0.360. The van der Waals surface area contributed by atoms with Crippen LogP contribution in [-0.4, -0.2) is 32.3 Å². The molecule has 2 aromatic carbocycles. The number of carbonyl (C=O) groups is 2. The second-order valence-corrected chi connectivity index (χ2v) is 11.3. The van der Waals surface area contributed by atoms with E-state index in [4.69, 9.17) is 23.2 Å². The molecule has 0 aliphatic carbocycles. The Morgan fingerprint density at radius 3 is 2.42 bits per heavy atom. The molecule has 192 valence electrons. The topological polar surface area (TPSA) is 88.9 Å². The van der Waals surface area contributed by atoms with E-state index >= 15 is 0 Å². The largest absolute Gasteiger partial charge is 0.342 e. The first-order chi connectivity index (χ1) is 17.0. The Kier molecular flexibility index (Phi) is 9.86. The molecule has 1 aromatic heterocycles. The molecular weight excluding hydrogens is 585 g/mol. The van der Waals surface area contributed by atoms with E-state index in [9.17, 15) is 9.59 Å². The van der Waals surface area contributed by atoms with Crippen molar-refractivity contribution >= 4 is 68.4 Å². The monoisotopic (exact) mass is 611 g/mol. The summed E-state index contributed by atoms with van der Waals surface area (Å²) in [6.07, 6.45) is 0. The van der Waals surface area contributed by atoms with Gasteiger partial charge in [-0.05, 0) is 84.1 Å². The molecule has 1 atom stereocenters. The number of carbonyl (C=O) groups excluding carboxylic acids is 2. The highest BCUT2D eigenvalue weighted by Crippen LogP contribution is 2.29. The van der Waals surface area contributed by atoms with Gasteiger partial charge in [-0.1, -0.05) is 48.8 Å². The van der Waals surface area contributed by atoms with Crippen LogP contribution in [0.15, 0.2) is 40.0 Å². The molecule has 0 fully saturated rings. The Labute approximate surface area is 233 Å². The van der Waals surface area contributed by atoms with Gasteiger partial charge in [0, 0.05) is 16.6 Å². The first-order valence-electron chi connectivity index (χ1n) is 11.4. The van der Waals surface area contributed by atoms with Crippen LogP contribution in [0.5, 0.6) is 0 Å². The van der Waals surface area contributed by atoms with Crippen molar-refractivity contribution in [3.05, 3.63) is 67.4 Å². The predicted molar refractivity (Wildman–Crippen MR) is 150 cm³/mol. The van der Waals surface area contributed by atoms with Gasteiger partial charge >= 0.3 is 0 Å². The summed E-state index contributed by atoms with van der Waals surface area (Å²) in [5.41, 5.74) is 3.37. The third-order valence-electron chi connectivity index (χ3n) is 5.66. The number of hydrogen-bond donors (Lipinski definition) is 2. The van der Waals surface area contributed by atoms with Crippen molar-refractivity contribution in [2.24, 2.45) is 5.92 Å². The minimum Gasteiger partial charge on any atom is -0.342 e. The highest BCUT2D eigenvalue weighted by Gasteiger charge is 2.26. The summed E-state index contributed by atoms with van der Waals surface area (Å²) >= 11 is 16.9. The minimum absolute atomic E-state index is 0.0366. The van der Waals surface area contributed by atoms with Crippen LogP contribution in [0.3, 0.4) is 0 Å². The number of benzene rings is 2. The zero-order valence-electron chi connectivity index (χ0n) is 20.7. The van der Waals surface area contributed by atoms with Gasteiger partial charge in [0.2, 0.25) is 5.91 Å². The molecule has 0 saturated heterocycles. The summed E-state index contributed by atoms with van der Waals surface area (Å²) in [6.45, 7) is 10.6. The van der Waals surface area contributed by atoms with Crippen LogP contribution >= 0.6 is 50.9 Å². The average molecular weight is 613 g/mol. The van der Waals surface area contributed by atoms with E-state index in [0.29, 0.717) is 33.1 Å². The summed E-state index contributed by atoms with van der Waals surface area (Å²) in [5.74, 6) is 0.393. The molecule has 3 aromatic rings. The highest BCUT2D eigenvalue weighted by molar-refractivity contribution is 9.10. The first kappa shape index (κ1) is 28.5. The molecule has 0 saturated carbocycles. The molecule has 0 unspecified atom stereocenters. The standard InChI is InChI=1S/C25H28BrCl2N5O2S/c1-6-33-23(22(13(2)3)30-24(35)16-7-8-18(27)19(28)11-16)31-32-25(33)36-12-21(34)29-20-10-15(5)14(4)9-17(20)26/h7-11,13,22H,6,12H2,1-5H3,(H,29,34)(H,30,35)/t22-/m1/s1. The molecule has 2 amide bonds. The van der Waals surface area contributed by atoms with Crippen molar-refractivity contribution < 1.29 is 9.59 Å². The number of halogens is 3. The van der Waals surface area contributed by atoms with Crippen LogP contribution in [0.2, 0.25) is 10.0 Å². The van der Waals surface area contributed by atoms with Crippen LogP contribution in [-0.2, 0) is 11.3 Å². The Morgan fingerprint density at radius 2 is 1.78 bits per heavy atom. The summed E-state index contributed by atoms with van der Waals surface area (Å²) in [7, 11) is 0. The van der Waals surface area contributed by atoms with Gasteiger partial charge in [-0.25, -0.2) is 0 Å². The third kappa shape index (κ3) is 6.82. The number of thioether (sulfide) groups is 1. The zero-order valence-corrected chi connectivity index (χ0v) is 24.6. The lowest BCUT2D eigenvalue weighted by Gasteiger charge is -2.22. The Hall–Kier alpha value is -2.07. The van der Waals surface area contributed by atoms with Crippen molar-refractivity contribution in [2.45, 2.75) is 52.4 Å². The molecule has 0 aliphatic rings. The van der Waals surface area contributed by atoms with Crippen molar-refractivity contribution in [3.63, 3.8) is 0 Å². The Morgan fingerprint density at radius 1 is 1.08 bits per heavy atom. The maximum Gasteiger partial charge on any atom is 0.251 e. The molecular formula is C25H28BrCl2N5O2S. The van der Waals surface area contributed by atoms with Gasteiger partial charge in [0.05, 0.1) is 27.5 Å². The number of hydrogen-bond acceptors (Lipinski definition) is 5. The number of nitrogens with zero attached hydrogens (tertiary/aromatic N) is 3. The van der Waals surface area contributed by atoms with E-state index < -0.39 is 6.04 Å². The smallest absolute Gasteiger partial charge is 0.251 e. The fourth-order valence-electron chi connectivity index (χ4n) is 3.52. The Bertz CT molecular complexity index is 1280. The number of amides is 2. The lowest BCUT2D eigenvalue weighted by atomic mass is 10.0. The second-order valence-electron chi connectivity index (χ2n) is 8.66. The van der Waals surface area contributed by atoms with E-state index in [1.165, 1.54) is 17.8 Å². The highest BCUT2D eigenvalue weighted by atomic mass is 79.9. The van der Waals surface area contributed by atoms with E-state index in [1.54, 1.807) is 12.1 Å². The van der Waals surface area contributed by atoms with Crippen molar-refractivity contribution in [1.82, 2.24) is 20.1 Å². The maximum absolute atomic E-state index is 12.9. The molecule has 0 bridgehead atoms. The van der Waals surface area contributed by atoms with Gasteiger partial charge in [0.15, 0.2) is 11.0 Å². The van der Waals surface area contributed by atoms with E-state index in [0.717, 1.165) is 21.3 Å². The molecule has 7 nitrogen and oxygen atoms in total. The molecule has 1 heterocycles. The molecule has 0 aliphatic heterocycles. The normalized spacial score (nSPS) is 12.0. The van der Waals surface area contributed by atoms with Gasteiger partial charge < -0.3 is 15.2 Å². The van der Waals surface area contributed by atoms with Crippen LogP contribution in [0.1, 0.15) is 54.1 Å². The molecule has 3 rings (SSSR count). The molecule has 0 spiro atoms.